The van der Waals surface area contributed by atoms with Crippen molar-refractivity contribution >= 4 is 39.2 Å². The van der Waals surface area contributed by atoms with Crippen LogP contribution < -0.4 is 0 Å². The van der Waals surface area contributed by atoms with E-state index in [0.717, 1.165) is 50.2 Å². The van der Waals surface area contributed by atoms with Gasteiger partial charge in [0.25, 0.3) is 0 Å². The third-order valence-electron chi connectivity index (χ3n) is 9.17. The highest BCUT2D eigenvalue weighted by Crippen LogP contribution is 2.42. The van der Waals surface area contributed by atoms with Crippen LogP contribution >= 0.6 is 11.6 Å². The van der Waals surface area contributed by atoms with Gasteiger partial charge in [0.05, 0.1) is 42.3 Å². The Morgan fingerprint density at radius 2 is 1.71 bits per heavy atom. The Bertz CT molecular complexity index is 2200. The van der Waals surface area contributed by atoms with Gasteiger partial charge in [0.15, 0.2) is 0 Å². The van der Waals surface area contributed by atoms with E-state index in [1.807, 2.05) is 61.6 Å². The maximum Gasteiger partial charge on any atom is 0.354 e. The molecule has 3 heterocycles. The molecule has 0 atom stereocenters. The van der Waals surface area contributed by atoms with Crippen LogP contribution in [0.3, 0.4) is 0 Å². The van der Waals surface area contributed by atoms with Crippen molar-refractivity contribution < 1.29 is 28.9 Å². The second kappa shape index (κ2) is 14.0. The normalized spacial score (nSPS) is 11.7. The molecular formula is C37H39ClFN5O5. The molecule has 6 rings (SSSR count). The van der Waals surface area contributed by atoms with E-state index in [0.29, 0.717) is 52.9 Å². The first-order chi connectivity index (χ1) is 23.5. The molecule has 3 aromatic heterocycles. The number of halogens is 2. The molecule has 0 aliphatic heterocycles. The molecule has 0 saturated carbocycles. The van der Waals surface area contributed by atoms with Crippen molar-refractivity contribution in [1.82, 2.24) is 24.1 Å². The zero-order chi connectivity index (χ0) is 35.0. The fourth-order valence-corrected chi connectivity index (χ4v) is 6.98. The summed E-state index contributed by atoms with van der Waals surface area (Å²) >= 11 is 6.92. The van der Waals surface area contributed by atoms with Gasteiger partial charge >= 0.3 is 5.97 Å². The van der Waals surface area contributed by atoms with Crippen molar-refractivity contribution in [1.29, 1.82) is 0 Å². The molecule has 256 valence electrons. The third-order valence-corrected chi connectivity index (χ3v) is 9.48. The summed E-state index contributed by atoms with van der Waals surface area (Å²) in [5.74, 6) is -0.670. The predicted octanol–water partition coefficient (Wildman–Crippen LogP) is 6.49. The molecule has 0 fully saturated rings. The average Bonchev–Trinajstić information content (AvgIpc) is 3.67. The lowest BCUT2D eigenvalue weighted by Gasteiger charge is -2.12. The van der Waals surface area contributed by atoms with Gasteiger partial charge in [-0.3, -0.25) is 9.36 Å². The van der Waals surface area contributed by atoms with Gasteiger partial charge in [0.2, 0.25) is 0 Å². The van der Waals surface area contributed by atoms with E-state index >= 15 is 0 Å². The maximum absolute atomic E-state index is 13.8. The van der Waals surface area contributed by atoms with Crippen molar-refractivity contribution in [3.63, 3.8) is 0 Å². The predicted molar refractivity (Wildman–Crippen MR) is 186 cm³/mol. The molecule has 0 radical (unpaired) electrons. The molecular weight excluding hydrogens is 649 g/mol. The molecule has 3 aromatic carbocycles. The van der Waals surface area contributed by atoms with E-state index in [2.05, 4.69) is 5.10 Å². The highest BCUT2D eigenvalue weighted by Gasteiger charge is 2.27. The molecule has 12 heteroatoms. The fraction of sp³-hybridized carbons (Fsp3) is 0.324. The summed E-state index contributed by atoms with van der Waals surface area (Å²) in [6.07, 6.45) is 2.30. The quantitative estimate of drug-likeness (QED) is 0.141. The number of hydrogen-bond donors (Lipinski definition) is 2. The smallest absolute Gasteiger partial charge is 0.354 e. The van der Waals surface area contributed by atoms with Gasteiger partial charge in [0.1, 0.15) is 17.3 Å². The van der Waals surface area contributed by atoms with Crippen molar-refractivity contribution in [3.8, 4) is 16.9 Å². The zero-order valence-electron chi connectivity index (χ0n) is 28.2. The van der Waals surface area contributed by atoms with E-state index in [4.69, 9.17) is 26.2 Å². The minimum atomic E-state index is -0.458. The summed E-state index contributed by atoms with van der Waals surface area (Å²) < 4.78 is 30.6. The minimum absolute atomic E-state index is 0.00424. The molecule has 0 aliphatic carbocycles. The highest BCUT2D eigenvalue weighted by molar-refractivity contribution is 6.35. The Labute approximate surface area is 288 Å². The molecule has 10 nitrogen and oxygen atoms in total. The van der Waals surface area contributed by atoms with Gasteiger partial charge in [-0.25, -0.2) is 9.18 Å². The van der Waals surface area contributed by atoms with E-state index in [1.54, 1.807) is 16.8 Å². The number of benzene rings is 3. The number of aryl methyl sites for hydroxylation is 6. The number of phenols is 1. The molecule has 0 bridgehead atoms. The average molecular weight is 688 g/mol. The summed E-state index contributed by atoms with van der Waals surface area (Å²) in [6.45, 7) is 2.40. The number of methoxy groups -OCH3 is 1. The SMILES string of the molecule is COC(=O)c1c(CCCO)c2ccc(Cl)c(-c3c(COCc4cc(CCc5cc(O)c6ccc(F)cc6c5)n(C)n4)nn(C)c3C)c2n1C. The topological polar surface area (TPSA) is 117 Å². The third kappa shape index (κ3) is 6.53. The number of fused-ring (bicyclic) bond motifs is 2. The number of nitrogens with zero attached hydrogens (tertiary/aromatic N) is 5. The number of aromatic hydroxyl groups is 1. The Hall–Kier alpha value is -4.71. The first-order valence-electron chi connectivity index (χ1n) is 16.0. The number of phenolic OH excluding ortho intramolecular Hbond substituents is 1. The number of aromatic nitrogens is 5. The van der Waals surface area contributed by atoms with Crippen LogP contribution in [0.5, 0.6) is 5.75 Å². The van der Waals surface area contributed by atoms with Crippen molar-refractivity contribution in [2.75, 3.05) is 13.7 Å². The number of rotatable bonds is 12. The summed E-state index contributed by atoms with van der Waals surface area (Å²) in [6, 6.07) is 13.7. The Morgan fingerprint density at radius 3 is 2.47 bits per heavy atom. The zero-order valence-corrected chi connectivity index (χ0v) is 28.9. The van der Waals surface area contributed by atoms with Crippen molar-refractivity contribution in [3.05, 3.63) is 99.0 Å². The van der Waals surface area contributed by atoms with Gasteiger partial charge in [-0.05, 0) is 85.5 Å². The second-order valence-electron chi connectivity index (χ2n) is 12.3. The monoisotopic (exact) mass is 687 g/mol. The molecule has 49 heavy (non-hydrogen) atoms. The number of aliphatic hydroxyl groups excluding tert-OH is 1. The number of aliphatic hydroxyl groups is 1. The highest BCUT2D eigenvalue weighted by atomic mass is 35.5. The Kier molecular flexibility index (Phi) is 9.78. The molecule has 2 N–H and O–H groups in total. The lowest BCUT2D eigenvalue weighted by atomic mass is 9.98. The maximum atomic E-state index is 13.8. The molecule has 0 aliphatic rings. The first kappa shape index (κ1) is 34.2. The van der Waals surface area contributed by atoms with E-state index in [9.17, 15) is 19.4 Å². The largest absolute Gasteiger partial charge is 0.507 e. The van der Waals surface area contributed by atoms with Crippen LogP contribution in [0.25, 0.3) is 32.8 Å². The number of esters is 1. The summed E-state index contributed by atoms with van der Waals surface area (Å²) in [5, 5.41) is 32.1. The lowest BCUT2D eigenvalue weighted by molar-refractivity contribution is 0.0589. The van der Waals surface area contributed by atoms with Crippen LogP contribution in [0.4, 0.5) is 4.39 Å². The van der Waals surface area contributed by atoms with Crippen LogP contribution in [0.15, 0.2) is 48.5 Å². The van der Waals surface area contributed by atoms with Gasteiger partial charge in [-0.15, -0.1) is 0 Å². The molecule has 0 saturated heterocycles. The second-order valence-corrected chi connectivity index (χ2v) is 12.7. The van der Waals surface area contributed by atoms with E-state index in [-0.39, 0.29) is 31.4 Å². The van der Waals surface area contributed by atoms with E-state index in [1.165, 1.54) is 19.2 Å². The van der Waals surface area contributed by atoms with Crippen LogP contribution in [0.2, 0.25) is 5.02 Å². The van der Waals surface area contributed by atoms with Gasteiger partial charge in [-0.2, -0.15) is 10.2 Å². The van der Waals surface area contributed by atoms with Crippen LogP contribution in [0.1, 0.15) is 50.8 Å². The molecule has 0 amide bonds. The standard InChI is InChI=1S/C37H39ClFN5O5/c1-21-33(34-30(38)13-12-29-28(7-6-14-45)36(37(47)48-5)42(2)35(29)34)31(41-43(21)3)20-49-19-25-18-26(44(4)40-25)10-8-22-15-23-17-24(39)9-11-27(23)32(46)16-22/h9,11-13,15-18,45-46H,6-8,10,14,19-20H2,1-5H3. The van der Waals surface area contributed by atoms with Crippen LogP contribution in [0, 0.1) is 12.7 Å². The fourth-order valence-electron chi connectivity index (χ4n) is 6.73. The van der Waals surface area contributed by atoms with Gasteiger partial charge in [0, 0.05) is 61.0 Å². The summed E-state index contributed by atoms with van der Waals surface area (Å²) in [7, 11) is 6.92. The van der Waals surface area contributed by atoms with Crippen molar-refractivity contribution in [2.45, 2.75) is 45.8 Å². The molecule has 0 unspecified atom stereocenters. The van der Waals surface area contributed by atoms with Gasteiger partial charge in [-0.1, -0.05) is 23.7 Å². The lowest BCUT2D eigenvalue weighted by Crippen LogP contribution is -2.10. The number of ether oxygens (including phenoxy) is 2. The Balaban J connectivity index is 1.23. The van der Waals surface area contributed by atoms with Crippen molar-refractivity contribution in [2.24, 2.45) is 21.1 Å². The molecule has 0 spiro atoms. The van der Waals surface area contributed by atoms with E-state index < -0.39 is 5.97 Å². The van der Waals surface area contributed by atoms with Crippen LogP contribution in [-0.2, 0) is 63.1 Å². The minimum Gasteiger partial charge on any atom is -0.507 e. The molecule has 6 aromatic rings. The van der Waals surface area contributed by atoms with Crippen LogP contribution in [-0.4, -0.2) is 54.0 Å². The first-order valence-corrected chi connectivity index (χ1v) is 16.4. The Morgan fingerprint density at radius 1 is 0.939 bits per heavy atom. The number of carbonyl (C=O) groups excluding carboxylic acids is 1. The summed E-state index contributed by atoms with van der Waals surface area (Å²) in [5.41, 5.74) is 7.79. The summed E-state index contributed by atoms with van der Waals surface area (Å²) in [4.78, 5) is 12.9. The number of hydrogen-bond acceptors (Lipinski definition) is 7. The van der Waals surface area contributed by atoms with Gasteiger partial charge < -0.3 is 24.3 Å². The number of carbonyl (C=O) groups is 1.